The van der Waals surface area contributed by atoms with Crippen molar-refractivity contribution in [3.63, 3.8) is 0 Å². The van der Waals surface area contributed by atoms with Gasteiger partial charge in [0.15, 0.2) is 0 Å². The molecule has 1 heterocycles. The predicted octanol–water partition coefficient (Wildman–Crippen LogP) is -0.816. The zero-order valence-electron chi connectivity index (χ0n) is 9.06. The van der Waals surface area contributed by atoms with E-state index in [0.29, 0.717) is 0 Å². The number of hydrogen-bond donors (Lipinski definition) is 2. The van der Waals surface area contributed by atoms with Gasteiger partial charge in [0.2, 0.25) is 5.91 Å². The average Bonchev–Trinajstić information content (AvgIpc) is 2.21. The van der Waals surface area contributed by atoms with Gasteiger partial charge >= 0.3 is 5.97 Å². The zero-order valence-corrected chi connectivity index (χ0v) is 9.06. The number of carbonyl (C=O) groups excluding carboxylic acids is 2. The third-order valence-corrected chi connectivity index (χ3v) is 2.19. The maximum atomic E-state index is 11.5. The van der Waals surface area contributed by atoms with E-state index >= 15 is 0 Å². The maximum Gasteiger partial charge on any atom is 0.325 e. The maximum absolute atomic E-state index is 11.5. The van der Waals surface area contributed by atoms with Gasteiger partial charge in [-0.25, -0.2) is 5.01 Å². The van der Waals surface area contributed by atoms with E-state index < -0.39 is 17.9 Å². The molecule has 2 amide bonds. The minimum atomic E-state index is -1.12. The number of amides is 2. The summed E-state index contributed by atoms with van der Waals surface area (Å²) in [5.74, 6) is -1.83. The van der Waals surface area contributed by atoms with Gasteiger partial charge in [-0.2, -0.15) is 5.10 Å². The van der Waals surface area contributed by atoms with Gasteiger partial charge in [0.05, 0.1) is 0 Å². The Labute approximate surface area is 92.1 Å². The fraction of sp³-hybridized carbons (Fsp3) is 0.556. The number of nitrogens with zero attached hydrogens (tertiary/aromatic N) is 2. The number of carbonyl (C=O) groups is 3. The molecule has 7 heteroatoms. The molecule has 1 rings (SSSR count). The van der Waals surface area contributed by atoms with Gasteiger partial charge < -0.3 is 10.4 Å². The second-order valence-corrected chi connectivity index (χ2v) is 3.50. The van der Waals surface area contributed by atoms with Crippen molar-refractivity contribution in [3.8, 4) is 0 Å². The summed E-state index contributed by atoms with van der Waals surface area (Å²) in [6, 6.07) is -0.974. The van der Waals surface area contributed by atoms with Crippen molar-refractivity contribution in [2.24, 2.45) is 5.10 Å². The molecule has 7 nitrogen and oxygen atoms in total. The summed E-state index contributed by atoms with van der Waals surface area (Å²) >= 11 is 0. The molecule has 1 aliphatic heterocycles. The number of hydrazone groups is 1. The number of aliphatic carboxylic acids is 1. The standard InChI is InChI=1S/C9H13N3O4/c1-5(9(15)16)10-8(14)6-3-4-7(13)12(2)11-6/h5H,3-4H2,1-2H3,(H,10,14)(H,15,16). The normalized spacial score (nSPS) is 17.8. The van der Waals surface area contributed by atoms with E-state index in [2.05, 4.69) is 10.4 Å². The Morgan fingerprint density at radius 1 is 1.50 bits per heavy atom. The molecule has 2 N–H and O–H groups in total. The Hall–Kier alpha value is -1.92. The summed E-state index contributed by atoms with van der Waals surface area (Å²) < 4.78 is 0. The molecule has 1 unspecified atom stereocenters. The SMILES string of the molecule is CC(NC(=O)C1=NN(C)C(=O)CC1)C(=O)O. The highest BCUT2D eigenvalue weighted by Gasteiger charge is 2.24. The molecular weight excluding hydrogens is 214 g/mol. The second kappa shape index (κ2) is 4.73. The van der Waals surface area contributed by atoms with Crippen LogP contribution in [0.3, 0.4) is 0 Å². The molecule has 0 spiro atoms. The lowest BCUT2D eigenvalue weighted by Crippen LogP contribution is -2.44. The van der Waals surface area contributed by atoms with Gasteiger partial charge in [0.1, 0.15) is 11.8 Å². The highest BCUT2D eigenvalue weighted by molar-refractivity contribution is 6.39. The minimum absolute atomic E-state index is 0.164. The Kier molecular flexibility index (Phi) is 3.60. The van der Waals surface area contributed by atoms with Gasteiger partial charge in [-0.15, -0.1) is 0 Å². The van der Waals surface area contributed by atoms with Gasteiger partial charge in [-0.05, 0) is 6.92 Å². The number of carboxylic acids is 1. The quantitative estimate of drug-likeness (QED) is 0.658. The fourth-order valence-corrected chi connectivity index (χ4v) is 1.17. The molecule has 0 fully saturated rings. The van der Waals surface area contributed by atoms with E-state index in [9.17, 15) is 14.4 Å². The van der Waals surface area contributed by atoms with Crippen LogP contribution in [0.15, 0.2) is 5.10 Å². The second-order valence-electron chi connectivity index (χ2n) is 3.50. The van der Waals surface area contributed by atoms with Crippen molar-refractivity contribution in [2.45, 2.75) is 25.8 Å². The number of nitrogens with one attached hydrogen (secondary N) is 1. The van der Waals surface area contributed by atoms with E-state index in [1.807, 2.05) is 0 Å². The van der Waals surface area contributed by atoms with Crippen LogP contribution >= 0.6 is 0 Å². The fourth-order valence-electron chi connectivity index (χ4n) is 1.17. The Bertz CT molecular complexity index is 364. The zero-order chi connectivity index (χ0) is 12.3. The minimum Gasteiger partial charge on any atom is -0.480 e. The van der Waals surface area contributed by atoms with Gasteiger partial charge in [0.25, 0.3) is 5.91 Å². The van der Waals surface area contributed by atoms with Crippen LogP contribution in [-0.2, 0) is 14.4 Å². The van der Waals surface area contributed by atoms with Crippen molar-refractivity contribution < 1.29 is 19.5 Å². The van der Waals surface area contributed by atoms with Crippen LogP contribution in [0.5, 0.6) is 0 Å². The van der Waals surface area contributed by atoms with E-state index in [1.165, 1.54) is 14.0 Å². The van der Waals surface area contributed by atoms with Gasteiger partial charge in [0, 0.05) is 19.9 Å². The summed E-state index contributed by atoms with van der Waals surface area (Å²) in [7, 11) is 1.45. The number of hydrogen-bond acceptors (Lipinski definition) is 4. The van der Waals surface area contributed by atoms with Crippen LogP contribution in [0.2, 0.25) is 0 Å². The topological polar surface area (TPSA) is 99.1 Å². The molecule has 1 atom stereocenters. The molecule has 0 saturated heterocycles. The monoisotopic (exact) mass is 227 g/mol. The molecule has 0 radical (unpaired) electrons. The summed E-state index contributed by atoms with van der Waals surface area (Å²) in [5.41, 5.74) is 0.176. The lowest BCUT2D eigenvalue weighted by atomic mass is 10.1. The first kappa shape index (κ1) is 12.2. The summed E-state index contributed by atoms with van der Waals surface area (Å²) in [5, 5.41) is 15.7. The molecule has 0 aromatic carbocycles. The van der Waals surface area contributed by atoms with Gasteiger partial charge in [-0.1, -0.05) is 0 Å². The van der Waals surface area contributed by atoms with Crippen LogP contribution in [0.1, 0.15) is 19.8 Å². The largest absolute Gasteiger partial charge is 0.480 e. The van der Waals surface area contributed by atoms with Crippen LogP contribution in [0, 0.1) is 0 Å². The highest BCUT2D eigenvalue weighted by atomic mass is 16.4. The molecule has 1 aliphatic rings. The lowest BCUT2D eigenvalue weighted by Gasteiger charge is -2.19. The van der Waals surface area contributed by atoms with E-state index in [0.717, 1.165) is 5.01 Å². The lowest BCUT2D eigenvalue weighted by molar-refractivity contribution is -0.140. The molecule has 0 saturated carbocycles. The Balaban J connectivity index is 2.65. The molecule has 0 aromatic rings. The third kappa shape index (κ3) is 2.78. The Morgan fingerprint density at radius 3 is 2.62 bits per heavy atom. The first-order valence-corrected chi connectivity index (χ1v) is 4.79. The van der Waals surface area contributed by atoms with E-state index in [4.69, 9.17) is 5.11 Å². The third-order valence-electron chi connectivity index (χ3n) is 2.19. The first-order chi connectivity index (χ1) is 7.41. The van der Waals surface area contributed by atoms with Crippen LogP contribution in [0.25, 0.3) is 0 Å². The number of rotatable bonds is 3. The number of carboxylic acid groups (broad SMARTS) is 1. The van der Waals surface area contributed by atoms with Crippen molar-refractivity contribution >= 4 is 23.5 Å². The molecule has 0 aliphatic carbocycles. The smallest absolute Gasteiger partial charge is 0.325 e. The van der Waals surface area contributed by atoms with Crippen molar-refractivity contribution in [3.05, 3.63) is 0 Å². The summed E-state index contributed by atoms with van der Waals surface area (Å²) in [6.45, 7) is 1.36. The average molecular weight is 227 g/mol. The van der Waals surface area contributed by atoms with Crippen molar-refractivity contribution in [1.82, 2.24) is 10.3 Å². The van der Waals surface area contributed by atoms with E-state index in [-0.39, 0.29) is 24.5 Å². The van der Waals surface area contributed by atoms with Crippen LogP contribution in [-0.4, -0.2) is 46.7 Å². The first-order valence-electron chi connectivity index (χ1n) is 4.79. The summed E-state index contributed by atoms with van der Waals surface area (Å²) in [6.07, 6.45) is 0.450. The van der Waals surface area contributed by atoms with Crippen LogP contribution in [0.4, 0.5) is 0 Å². The highest BCUT2D eigenvalue weighted by Crippen LogP contribution is 2.06. The molecule has 16 heavy (non-hydrogen) atoms. The van der Waals surface area contributed by atoms with Crippen molar-refractivity contribution in [2.75, 3.05) is 7.05 Å². The molecule has 88 valence electrons. The van der Waals surface area contributed by atoms with Gasteiger partial charge in [-0.3, -0.25) is 14.4 Å². The van der Waals surface area contributed by atoms with Crippen LogP contribution < -0.4 is 5.32 Å². The molecular formula is C9H13N3O4. The van der Waals surface area contributed by atoms with Crippen molar-refractivity contribution in [1.29, 1.82) is 0 Å². The molecule has 0 aromatic heterocycles. The Morgan fingerprint density at radius 2 is 2.12 bits per heavy atom. The summed E-state index contributed by atoms with van der Waals surface area (Å²) in [4.78, 5) is 33.1. The predicted molar refractivity (Wildman–Crippen MR) is 54.7 cm³/mol. The van der Waals surface area contributed by atoms with E-state index in [1.54, 1.807) is 0 Å². The molecule has 0 bridgehead atoms.